The van der Waals surface area contributed by atoms with Crippen LogP contribution in [-0.2, 0) is 19.4 Å². The van der Waals surface area contributed by atoms with Crippen molar-refractivity contribution < 1.29 is 27.9 Å². The Morgan fingerprint density at radius 3 is 2.61 bits per heavy atom. The lowest BCUT2D eigenvalue weighted by molar-refractivity contribution is -0.137. The summed E-state index contributed by atoms with van der Waals surface area (Å²) in [6, 6.07) is 6.96. The zero-order valence-corrected chi connectivity index (χ0v) is 17.0. The van der Waals surface area contributed by atoms with E-state index in [-0.39, 0.29) is 42.1 Å². The maximum atomic E-state index is 12.2. The number of carboxylic acid groups (broad SMARTS) is 1. The van der Waals surface area contributed by atoms with Crippen molar-refractivity contribution in [2.75, 3.05) is 23.0 Å². The van der Waals surface area contributed by atoms with Gasteiger partial charge in [-0.05, 0) is 37.6 Å². The number of benzene rings is 1. The van der Waals surface area contributed by atoms with Crippen LogP contribution in [0.25, 0.3) is 0 Å². The molecule has 2 heterocycles. The Morgan fingerprint density at radius 1 is 1.25 bits per heavy atom. The van der Waals surface area contributed by atoms with E-state index in [0.717, 1.165) is 5.69 Å². The molecule has 1 amide bonds. The topological polar surface area (TPSA) is 113 Å². The molecule has 2 aliphatic heterocycles. The predicted octanol–water partition coefficient (Wildman–Crippen LogP) is 1.94. The zero-order chi connectivity index (χ0) is 20.3. The molecule has 0 radical (unpaired) electrons. The molecule has 1 aromatic carbocycles. The lowest BCUT2D eigenvalue weighted by atomic mass is 10.2. The smallest absolute Gasteiger partial charge is 0.303 e. The van der Waals surface area contributed by atoms with Gasteiger partial charge in [-0.15, -0.1) is 0 Å². The maximum Gasteiger partial charge on any atom is 0.303 e. The fourth-order valence-corrected chi connectivity index (χ4v) is 7.22. The van der Waals surface area contributed by atoms with Crippen LogP contribution in [0.2, 0.25) is 0 Å². The van der Waals surface area contributed by atoms with Crippen LogP contribution in [0.5, 0.6) is 5.75 Å². The molecular weight excluding hydrogens is 404 g/mol. The van der Waals surface area contributed by atoms with E-state index in [1.54, 1.807) is 12.1 Å². The van der Waals surface area contributed by atoms with Crippen LogP contribution >= 0.6 is 11.8 Å². The van der Waals surface area contributed by atoms with Gasteiger partial charge in [0.1, 0.15) is 5.75 Å². The normalized spacial score (nSPS) is 24.3. The highest BCUT2D eigenvalue weighted by Gasteiger charge is 2.49. The molecule has 1 N–H and O–H groups in total. The van der Waals surface area contributed by atoms with E-state index < -0.39 is 21.7 Å². The first kappa shape index (κ1) is 20.7. The number of nitrogens with zero attached hydrogens (tertiary/aromatic N) is 2. The molecular formula is C18H22N2O6S2. The summed E-state index contributed by atoms with van der Waals surface area (Å²) >= 11 is 1.30. The molecule has 2 saturated heterocycles. The highest BCUT2D eigenvalue weighted by Crippen LogP contribution is 2.41. The molecule has 3 rings (SSSR count). The van der Waals surface area contributed by atoms with Crippen LogP contribution in [-0.4, -0.2) is 60.0 Å². The van der Waals surface area contributed by atoms with Crippen LogP contribution in [0.4, 0.5) is 5.69 Å². The number of sulfone groups is 1. The van der Waals surface area contributed by atoms with E-state index in [1.165, 1.54) is 11.8 Å². The van der Waals surface area contributed by atoms with Crippen LogP contribution in [0.1, 0.15) is 26.2 Å². The second kappa shape index (κ2) is 8.52. The van der Waals surface area contributed by atoms with Gasteiger partial charge >= 0.3 is 5.97 Å². The number of fused-ring (bicyclic) bond motifs is 1. The van der Waals surface area contributed by atoms with Gasteiger partial charge in [0.15, 0.2) is 15.0 Å². The maximum absolute atomic E-state index is 12.2. The molecule has 0 saturated carbocycles. The van der Waals surface area contributed by atoms with Crippen molar-refractivity contribution in [3.8, 4) is 5.75 Å². The molecule has 10 heteroatoms. The largest absolute Gasteiger partial charge is 0.494 e. The van der Waals surface area contributed by atoms with Crippen molar-refractivity contribution in [3.05, 3.63) is 24.3 Å². The van der Waals surface area contributed by atoms with Gasteiger partial charge in [-0.2, -0.15) is 4.99 Å². The number of thioether (sulfide) groups is 1. The van der Waals surface area contributed by atoms with Gasteiger partial charge in [0, 0.05) is 23.8 Å². The predicted molar refractivity (Wildman–Crippen MR) is 108 cm³/mol. The van der Waals surface area contributed by atoms with Crippen LogP contribution in [0.15, 0.2) is 29.3 Å². The molecule has 0 bridgehead atoms. The van der Waals surface area contributed by atoms with Gasteiger partial charge < -0.3 is 14.7 Å². The third-order valence-electron chi connectivity index (χ3n) is 4.49. The average molecular weight is 427 g/mol. The first-order chi connectivity index (χ1) is 13.3. The van der Waals surface area contributed by atoms with E-state index in [2.05, 4.69) is 4.99 Å². The van der Waals surface area contributed by atoms with E-state index >= 15 is 0 Å². The van der Waals surface area contributed by atoms with Crippen molar-refractivity contribution >= 4 is 44.3 Å². The summed E-state index contributed by atoms with van der Waals surface area (Å²) in [7, 11) is -3.13. The van der Waals surface area contributed by atoms with Crippen LogP contribution in [0.3, 0.4) is 0 Å². The molecule has 0 aromatic heterocycles. The number of carbonyl (C=O) groups excluding carboxylic acids is 1. The van der Waals surface area contributed by atoms with Gasteiger partial charge in [0.05, 0.1) is 24.2 Å². The van der Waals surface area contributed by atoms with E-state index in [1.807, 2.05) is 24.0 Å². The number of hydrogen-bond donors (Lipinski definition) is 1. The number of aliphatic carboxylic acids is 1. The minimum Gasteiger partial charge on any atom is -0.494 e. The molecule has 2 aliphatic rings. The summed E-state index contributed by atoms with van der Waals surface area (Å²) in [4.78, 5) is 28.8. The second-order valence-corrected chi connectivity index (χ2v) is 9.99. The quantitative estimate of drug-likeness (QED) is 0.704. The highest BCUT2D eigenvalue weighted by atomic mass is 32.2. The van der Waals surface area contributed by atoms with Gasteiger partial charge in [-0.25, -0.2) is 8.42 Å². The third kappa shape index (κ3) is 4.85. The summed E-state index contributed by atoms with van der Waals surface area (Å²) < 4.78 is 29.6. The molecule has 8 nitrogen and oxygen atoms in total. The van der Waals surface area contributed by atoms with E-state index in [4.69, 9.17) is 9.84 Å². The summed E-state index contributed by atoms with van der Waals surface area (Å²) in [5.74, 6) is -0.572. The molecule has 2 atom stereocenters. The number of ether oxygens (including phenoxy) is 1. The standard InChI is InChI=1S/C18H22N2O6S2/c1-2-26-13-8-6-12(7-9-13)20-14-10-28(24,25)11-15(14)27-18(20)19-16(21)4-3-5-17(22)23/h6-9,14-15H,2-5,10-11H2,1H3,(H,22,23)/t14-,15+/m1/s1. The Kier molecular flexibility index (Phi) is 6.29. The van der Waals surface area contributed by atoms with Gasteiger partial charge in [-0.3, -0.25) is 9.59 Å². The Hall–Kier alpha value is -2.07. The van der Waals surface area contributed by atoms with Crippen molar-refractivity contribution in [2.24, 2.45) is 4.99 Å². The lowest BCUT2D eigenvalue weighted by Gasteiger charge is -2.24. The molecule has 0 spiro atoms. The number of amidine groups is 1. The Bertz CT molecular complexity index is 882. The van der Waals surface area contributed by atoms with Crippen molar-refractivity contribution in [1.29, 1.82) is 0 Å². The fraction of sp³-hybridized carbons (Fsp3) is 0.500. The van der Waals surface area contributed by atoms with Gasteiger partial charge in [0.25, 0.3) is 0 Å². The summed E-state index contributed by atoms with van der Waals surface area (Å²) in [5.41, 5.74) is 0.748. The Labute approximate surface area is 167 Å². The number of aliphatic imine (C=N–C) groups is 1. The van der Waals surface area contributed by atoms with Gasteiger partial charge in [-0.1, -0.05) is 11.8 Å². The molecule has 0 unspecified atom stereocenters. The average Bonchev–Trinajstić information content (AvgIpc) is 3.06. The van der Waals surface area contributed by atoms with Crippen LogP contribution < -0.4 is 9.64 Å². The molecule has 2 fully saturated rings. The highest BCUT2D eigenvalue weighted by molar-refractivity contribution is 8.16. The number of anilines is 1. The molecule has 1 aromatic rings. The third-order valence-corrected chi connectivity index (χ3v) is 7.70. The molecule has 152 valence electrons. The minimum absolute atomic E-state index is 0.0180. The van der Waals surface area contributed by atoms with Crippen molar-refractivity contribution in [3.63, 3.8) is 0 Å². The first-order valence-corrected chi connectivity index (χ1v) is 11.7. The minimum atomic E-state index is -3.13. The zero-order valence-electron chi connectivity index (χ0n) is 15.4. The summed E-state index contributed by atoms with van der Waals surface area (Å²) in [5, 5.41) is 8.98. The number of rotatable bonds is 7. The van der Waals surface area contributed by atoms with Crippen molar-refractivity contribution in [1.82, 2.24) is 0 Å². The SMILES string of the molecule is CCOc1ccc(N2C(=NC(=O)CCCC(=O)O)S[C@H]3CS(=O)(=O)C[C@H]32)cc1. The molecule has 28 heavy (non-hydrogen) atoms. The first-order valence-electron chi connectivity index (χ1n) is 9.01. The Balaban J connectivity index is 1.83. The number of carbonyl (C=O) groups is 2. The van der Waals surface area contributed by atoms with E-state index in [9.17, 15) is 18.0 Å². The fourth-order valence-electron chi connectivity index (χ4n) is 3.29. The second-order valence-electron chi connectivity index (χ2n) is 6.63. The Morgan fingerprint density at radius 2 is 1.96 bits per heavy atom. The summed E-state index contributed by atoms with van der Waals surface area (Å²) in [6.07, 6.45) is 0.177. The number of carboxylic acids is 1. The van der Waals surface area contributed by atoms with Gasteiger partial charge in [0.2, 0.25) is 5.91 Å². The number of hydrogen-bond acceptors (Lipinski definition) is 6. The van der Waals surface area contributed by atoms with E-state index in [0.29, 0.717) is 17.5 Å². The van der Waals surface area contributed by atoms with Crippen LogP contribution in [0, 0.1) is 0 Å². The monoisotopic (exact) mass is 426 g/mol. The lowest BCUT2D eigenvalue weighted by Crippen LogP contribution is -2.37. The summed E-state index contributed by atoms with van der Waals surface area (Å²) in [6.45, 7) is 2.43. The van der Waals surface area contributed by atoms with Crippen molar-refractivity contribution in [2.45, 2.75) is 37.5 Å². The number of amides is 1. The molecule has 0 aliphatic carbocycles.